The summed E-state index contributed by atoms with van der Waals surface area (Å²) in [7, 11) is 0. The fourth-order valence-corrected chi connectivity index (χ4v) is 3.40. The Bertz CT molecular complexity index is 933. The molecule has 0 aromatic carbocycles. The Labute approximate surface area is 159 Å². The molecule has 2 heterocycles. The Morgan fingerprint density at radius 2 is 1.96 bits per heavy atom. The maximum Gasteiger partial charge on any atom is 0.349 e. The average Bonchev–Trinajstić information content (AvgIpc) is 2.92. The highest BCUT2D eigenvalue weighted by Crippen LogP contribution is 2.25. The summed E-state index contributed by atoms with van der Waals surface area (Å²) in [6.07, 6.45) is 7.23. The lowest BCUT2D eigenvalue weighted by Crippen LogP contribution is -2.40. The number of rotatable bonds is 4. The quantitative estimate of drug-likeness (QED) is 0.403. The molecule has 9 nitrogen and oxygen atoms in total. The van der Waals surface area contributed by atoms with Crippen molar-refractivity contribution >= 4 is 17.5 Å². The lowest BCUT2D eigenvalue weighted by atomic mass is 9.98. The molecule has 1 atom stereocenters. The normalized spacial score (nSPS) is 16.5. The second-order valence-corrected chi connectivity index (χ2v) is 6.91. The molecule has 1 fully saturated rings. The first kappa shape index (κ1) is 19.2. The van der Waals surface area contributed by atoms with Crippen molar-refractivity contribution in [2.24, 2.45) is 5.92 Å². The highest BCUT2D eigenvalue weighted by molar-refractivity contribution is 6.32. The van der Waals surface area contributed by atoms with E-state index in [1.54, 1.807) is 0 Å². The summed E-state index contributed by atoms with van der Waals surface area (Å²) < 4.78 is 0.892. The highest BCUT2D eigenvalue weighted by atomic mass is 35.5. The molecule has 1 aliphatic carbocycles. The Hall–Kier alpha value is -2.52. The number of aromatic nitrogens is 4. The summed E-state index contributed by atoms with van der Waals surface area (Å²) in [5, 5.41) is 16.6. The van der Waals surface area contributed by atoms with Gasteiger partial charge in [0.2, 0.25) is 0 Å². The largest absolute Gasteiger partial charge is 0.373 e. The molecule has 10 heteroatoms. The molecule has 2 aromatic heterocycles. The molecule has 0 saturated heterocycles. The van der Waals surface area contributed by atoms with Crippen LogP contribution in [0.5, 0.6) is 0 Å². The summed E-state index contributed by atoms with van der Waals surface area (Å²) >= 11 is 6.02. The molecule has 1 unspecified atom stereocenters. The molecule has 27 heavy (non-hydrogen) atoms. The third-order valence-corrected chi connectivity index (χ3v) is 4.95. The van der Waals surface area contributed by atoms with Crippen molar-refractivity contribution in [3.63, 3.8) is 0 Å². The first-order valence-electron chi connectivity index (χ1n) is 8.79. The molecule has 144 valence electrons. The van der Waals surface area contributed by atoms with Crippen LogP contribution in [0.4, 0.5) is 0 Å². The molecule has 1 aliphatic rings. The van der Waals surface area contributed by atoms with Crippen molar-refractivity contribution in [3.8, 4) is 5.69 Å². The van der Waals surface area contributed by atoms with Gasteiger partial charge in [0, 0.05) is 5.92 Å². The minimum absolute atomic E-state index is 0.00161. The molecule has 2 aromatic rings. The van der Waals surface area contributed by atoms with E-state index in [-0.39, 0.29) is 22.3 Å². The molecule has 1 saturated carbocycles. The molecular formula is C17H20ClN5O4. The number of hydrogen-bond donors (Lipinski definition) is 3. The molecular weight excluding hydrogens is 374 g/mol. The average molecular weight is 394 g/mol. The zero-order chi connectivity index (χ0) is 19.4. The number of aliphatic hydroxyl groups excluding tert-OH is 1. The van der Waals surface area contributed by atoms with Gasteiger partial charge in [0.15, 0.2) is 0 Å². The maximum absolute atomic E-state index is 12.6. The number of carbonyl (C=O) groups is 1. The van der Waals surface area contributed by atoms with E-state index in [1.165, 1.54) is 12.3 Å². The lowest BCUT2D eigenvalue weighted by molar-refractivity contribution is 0.0531. The SMILES string of the molecule is O=C(NC(O)C1CCCCCC1)c1cc(-n2ncc(=O)[nH]c2=O)cnc1Cl. The number of halogens is 1. The Morgan fingerprint density at radius 3 is 2.63 bits per heavy atom. The van der Waals surface area contributed by atoms with Crippen molar-refractivity contribution in [3.05, 3.63) is 50.0 Å². The molecule has 0 bridgehead atoms. The monoisotopic (exact) mass is 393 g/mol. The van der Waals surface area contributed by atoms with Gasteiger partial charge in [0.1, 0.15) is 17.6 Å². The van der Waals surface area contributed by atoms with E-state index in [2.05, 4.69) is 20.4 Å². The van der Waals surface area contributed by atoms with E-state index in [1.807, 2.05) is 0 Å². The van der Waals surface area contributed by atoms with Crippen LogP contribution < -0.4 is 16.6 Å². The van der Waals surface area contributed by atoms with Crippen molar-refractivity contribution < 1.29 is 9.90 Å². The number of hydrogen-bond acceptors (Lipinski definition) is 6. The molecule has 1 amide bonds. The predicted octanol–water partition coefficient (Wildman–Crippen LogP) is 0.988. The van der Waals surface area contributed by atoms with Gasteiger partial charge in [0.25, 0.3) is 11.5 Å². The van der Waals surface area contributed by atoms with E-state index in [0.29, 0.717) is 0 Å². The minimum atomic E-state index is -0.982. The topological polar surface area (TPSA) is 130 Å². The van der Waals surface area contributed by atoms with Crippen molar-refractivity contribution in [2.45, 2.75) is 44.8 Å². The Kier molecular flexibility index (Phi) is 6.02. The van der Waals surface area contributed by atoms with Gasteiger partial charge < -0.3 is 10.4 Å². The number of nitrogens with zero attached hydrogens (tertiary/aromatic N) is 3. The van der Waals surface area contributed by atoms with E-state index in [4.69, 9.17) is 11.6 Å². The van der Waals surface area contributed by atoms with E-state index >= 15 is 0 Å². The highest BCUT2D eigenvalue weighted by Gasteiger charge is 2.24. The zero-order valence-electron chi connectivity index (χ0n) is 14.5. The number of aromatic amines is 1. The zero-order valence-corrected chi connectivity index (χ0v) is 15.3. The van der Waals surface area contributed by atoms with Crippen LogP contribution in [0.25, 0.3) is 5.69 Å². The number of amides is 1. The number of H-pyrrole nitrogens is 1. The van der Waals surface area contributed by atoms with Crippen molar-refractivity contribution in [2.75, 3.05) is 0 Å². The smallest absolute Gasteiger partial charge is 0.349 e. The first-order valence-corrected chi connectivity index (χ1v) is 9.17. The second-order valence-electron chi connectivity index (χ2n) is 6.55. The Morgan fingerprint density at radius 1 is 1.26 bits per heavy atom. The van der Waals surface area contributed by atoms with Gasteiger partial charge in [-0.3, -0.25) is 14.6 Å². The predicted molar refractivity (Wildman–Crippen MR) is 97.9 cm³/mol. The van der Waals surface area contributed by atoms with Gasteiger partial charge in [0.05, 0.1) is 17.4 Å². The number of pyridine rings is 1. The van der Waals surface area contributed by atoms with Crippen LogP contribution >= 0.6 is 11.6 Å². The standard InChI is InChI=1S/C17H20ClN5O4/c18-14-12(16(26)22-15(25)10-5-3-1-2-4-6-10)7-11(8-19-14)23-17(27)21-13(24)9-20-23/h7-10,15,25H,1-6H2,(H,22,26)(H,21,24,27). The summed E-state index contributed by atoms with van der Waals surface area (Å²) in [5.41, 5.74) is -1.24. The van der Waals surface area contributed by atoms with Crippen LogP contribution in [0.3, 0.4) is 0 Å². The van der Waals surface area contributed by atoms with Crippen LogP contribution in [-0.4, -0.2) is 37.0 Å². The van der Waals surface area contributed by atoms with Crippen LogP contribution in [0, 0.1) is 5.92 Å². The summed E-state index contributed by atoms with van der Waals surface area (Å²) in [6.45, 7) is 0. The molecule has 0 aliphatic heterocycles. The second kappa shape index (κ2) is 8.45. The summed E-state index contributed by atoms with van der Waals surface area (Å²) in [4.78, 5) is 41.5. The van der Waals surface area contributed by atoms with Gasteiger partial charge >= 0.3 is 5.69 Å². The third-order valence-electron chi connectivity index (χ3n) is 4.65. The van der Waals surface area contributed by atoms with Crippen molar-refractivity contribution in [1.82, 2.24) is 25.1 Å². The molecule has 3 rings (SSSR count). The third kappa shape index (κ3) is 4.61. The van der Waals surface area contributed by atoms with Gasteiger partial charge in [-0.25, -0.2) is 9.78 Å². The maximum atomic E-state index is 12.6. The summed E-state index contributed by atoms with van der Waals surface area (Å²) in [5.74, 6) is -0.599. The first-order chi connectivity index (χ1) is 13.0. The van der Waals surface area contributed by atoms with Crippen LogP contribution in [0.1, 0.15) is 48.9 Å². The lowest BCUT2D eigenvalue weighted by Gasteiger charge is -2.22. The van der Waals surface area contributed by atoms with Gasteiger partial charge in [-0.1, -0.05) is 37.3 Å². The van der Waals surface area contributed by atoms with Crippen LogP contribution in [-0.2, 0) is 0 Å². The van der Waals surface area contributed by atoms with E-state index in [9.17, 15) is 19.5 Å². The van der Waals surface area contributed by atoms with Gasteiger partial charge in [-0.2, -0.15) is 9.78 Å². The number of carbonyl (C=O) groups excluding carboxylic acids is 1. The molecule has 0 spiro atoms. The molecule has 3 N–H and O–H groups in total. The number of aliphatic hydroxyl groups is 1. The fourth-order valence-electron chi connectivity index (χ4n) is 3.21. The van der Waals surface area contributed by atoms with E-state index < -0.39 is 23.4 Å². The Balaban J connectivity index is 1.82. The van der Waals surface area contributed by atoms with Crippen LogP contribution in [0.2, 0.25) is 5.15 Å². The van der Waals surface area contributed by atoms with Gasteiger partial charge in [-0.15, -0.1) is 0 Å². The summed E-state index contributed by atoms with van der Waals surface area (Å²) in [6, 6.07) is 1.33. The number of nitrogens with one attached hydrogen (secondary N) is 2. The fraction of sp³-hybridized carbons (Fsp3) is 0.471. The van der Waals surface area contributed by atoms with E-state index in [0.717, 1.165) is 49.4 Å². The van der Waals surface area contributed by atoms with Gasteiger partial charge in [-0.05, 0) is 18.9 Å². The van der Waals surface area contributed by atoms with Crippen molar-refractivity contribution in [1.29, 1.82) is 0 Å². The molecule has 0 radical (unpaired) electrons. The van der Waals surface area contributed by atoms with Crippen LogP contribution in [0.15, 0.2) is 28.0 Å². The minimum Gasteiger partial charge on any atom is -0.373 e.